The molecule has 72 heavy (non-hydrogen) atoms. The smallest absolute Gasteiger partial charge is 0.361 e. The highest BCUT2D eigenvalue weighted by Gasteiger charge is 2.25. The molecule has 2 unspecified atom stereocenters. The Bertz CT molecular complexity index is 1140. The van der Waals surface area contributed by atoms with E-state index >= 15 is 0 Å². The van der Waals surface area contributed by atoms with E-state index in [-0.39, 0.29) is 38.2 Å². The number of carboxylic acid groups (broad SMARTS) is 1. The second-order valence-corrected chi connectivity index (χ2v) is 23.1. The zero-order valence-electron chi connectivity index (χ0n) is 48.9. The minimum atomic E-state index is -1.50. The van der Waals surface area contributed by atoms with Crippen LogP contribution in [0.1, 0.15) is 328 Å². The number of carbonyl (C=O) groups is 3. The van der Waals surface area contributed by atoms with E-state index in [2.05, 4.69) is 13.8 Å². The molecule has 0 heterocycles. The van der Waals surface area contributed by atoms with Crippen LogP contribution in [0.15, 0.2) is 0 Å². The molecule has 0 amide bonds. The zero-order valence-corrected chi connectivity index (χ0v) is 48.9. The Kier molecular flexibility index (Phi) is 54.2. The third-order valence-corrected chi connectivity index (χ3v) is 14.6. The topological polar surface area (TPSA) is 108 Å². The third kappa shape index (κ3) is 56.0. The Morgan fingerprint density at radius 1 is 0.361 bits per heavy atom. The SMILES string of the molecule is CCCCCCCCCCCCCCCCCCCCCCCCCCCCCCCCC(=O)OC(COC(=O)CCCCCCCCCCCCCCCCCCC)COC(OCC[N+](C)(C)C)C(=O)O. The molecule has 0 aromatic heterocycles. The highest BCUT2D eigenvalue weighted by molar-refractivity contribution is 5.71. The largest absolute Gasteiger partial charge is 0.477 e. The molecule has 9 heteroatoms. The van der Waals surface area contributed by atoms with Crippen molar-refractivity contribution >= 4 is 17.9 Å². The van der Waals surface area contributed by atoms with Crippen molar-refractivity contribution in [3.05, 3.63) is 0 Å². The van der Waals surface area contributed by atoms with Crippen molar-refractivity contribution in [1.82, 2.24) is 0 Å². The van der Waals surface area contributed by atoms with Crippen LogP contribution in [0.4, 0.5) is 0 Å². The third-order valence-electron chi connectivity index (χ3n) is 14.6. The number of rotatable bonds is 60. The van der Waals surface area contributed by atoms with Gasteiger partial charge in [-0.1, -0.05) is 303 Å². The second kappa shape index (κ2) is 55.5. The van der Waals surface area contributed by atoms with Gasteiger partial charge in [0.25, 0.3) is 6.29 Å². The van der Waals surface area contributed by atoms with Gasteiger partial charge >= 0.3 is 17.9 Å². The fourth-order valence-corrected chi connectivity index (χ4v) is 9.72. The fourth-order valence-electron chi connectivity index (χ4n) is 9.72. The monoisotopic (exact) mass is 1020 g/mol. The predicted molar refractivity (Wildman–Crippen MR) is 305 cm³/mol. The first-order valence-electron chi connectivity index (χ1n) is 31.7. The summed E-state index contributed by atoms with van der Waals surface area (Å²) in [5.74, 6) is -1.97. The Balaban J connectivity index is 4.06. The van der Waals surface area contributed by atoms with Gasteiger partial charge < -0.3 is 28.5 Å². The van der Waals surface area contributed by atoms with Crippen LogP contribution in [0.25, 0.3) is 0 Å². The highest BCUT2D eigenvalue weighted by Crippen LogP contribution is 2.19. The van der Waals surface area contributed by atoms with Crippen molar-refractivity contribution in [3.8, 4) is 0 Å². The van der Waals surface area contributed by atoms with Gasteiger partial charge in [-0.05, 0) is 12.8 Å². The van der Waals surface area contributed by atoms with E-state index in [0.717, 1.165) is 38.5 Å². The molecule has 9 nitrogen and oxygen atoms in total. The van der Waals surface area contributed by atoms with Crippen LogP contribution < -0.4 is 0 Å². The molecule has 0 aromatic carbocycles. The lowest BCUT2D eigenvalue weighted by Crippen LogP contribution is -2.40. The molecule has 0 saturated heterocycles. The lowest BCUT2D eigenvalue weighted by molar-refractivity contribution is -0.870. The van der Waals surface area contributed by atoms with Gasteiger partial charge in [-0.15, -0.1) is 0 Å². The van der Waals surface area contributed by atoms with E-state index in [9.17, 15) is 19.5 Å². The number of nitrogens with zero attached hydrogens (tertiary/aromatic N) is 1. The van der Waals surface area contributed by atoms with Gasteiger partial charge in [0.2, 0.25) is 0 Å². The van der Waals surface area contributed by atoms with Gasteiger partial charge in [-0.25, -0.2) is 4.79 Å². The normalized spacial score (nSPS) is 12.6. The Hall–Kier alpha value is -1.71. The summed E-state index contributed by atoms with van der Waals surface area (Å²) in [7, 11) is 5.99. The fraction of sp³-hybridized carbons (Fsp3) is 0.952. The molecule has 0 bridgehead atoms. The summed E-state index contributed by atoms with van der Waals surface area (Å²) < 4.78 is 22.9. The molecular formula is C63H124NO8+. The maximum absolute atomic E-state index is 12.9. The van der Waals surface area contributed by atoms with Gasteiger partial charge in [0, 0.05) is 12.8 Å². The molecule has 0 spiro atoms. The predicted octanol–water partition coefficient (Wildman–Crippen LogP) is 18.7. The van der Waals surface area contributed by atoms with Gasteiger partial charge in [-0.3, -0.25) is 9.59 Å². The average Bonchev–Trinajstić information content (AvgIpc) is 3.35. The molecule has 0 aliphatic rings. The number of carboxylic acids is 1. The average molecular weight is 1020 g/mol. The first kappa shape index (κ1) is 70.3. The summed E-state index contributed by atoms with van der Waals surface area (Å²) in [4.78, 5) is 37.5. The van der Waals surface area contributed by atoms with Crippen molar-refractivity contribution in [2.45, 2.75) is 341 Å². The summed E-state index contributed by atoms with van der Waals surface area (Å²) in [6.07, 6.45) is 60.6. The minimum Gasteiger partial charge on any atom is -0.477 e. The number of aliphatic carboxylic acids is 1. The maximum Gasteiger partial charge on any atom is 0.361 e. The van der Waals surface area contributed by atoms with Crippen LogP contribution in [-0.4, -0.2) is 87.4 Å². The Morgan fingerprint density at radius 3 is 0.889 bits per heavy atom. The molecule has 0 fully saturated rings. The number of esters is 2. The van der Waals surface area contributed by atoms with Crippen LogP contribution in [0.2, 0.25) is 0 Å². The number of hydrogen-bond donors (Lipinski definition) is 1. The second-order valence-electron chi connectivity index (χ2n) is 23.1. The molecule has 0 saturated carbocycles. The molecule has 0 aliphatic carbocycles. The maximum atomic E-state index is 12.9. The summed E-state index contributed by atoms with van der Waals surface area (Å²) in [6.45, 7) is 4.96. The lowest BCUT2D eigenvalue weighted by atomic mass is 10.0. The van der Waals surface area contributed by atoms with E-state index in [4.69, 9.17) is 18.9 Å². The summed E-state index contributed by atoms with van der Waals surface area (Å²) in [6, 6.07) is 0. The van der Waals surface area contributed by atoms with Crippen molar-refractivity contribution in [3.63, 3.8) is 0 Å². The number of ether oxygens (including phenoxy) is 4. The molecule has 2 atom stereocenters. The van der Waals surface area contributed by atoms with Crippen molar-refractivity contribution in [2.75, 3.05) is 47.5 Å². The Morgan fingerprint density at radius 2 is 0.625 bits per heavy atom. The molecule has 428 valence electrons. The number of likely N-dealkylation sites (N-methyl/N-ethyl adjacent to an activating group) is 1. The molecule has 0 rings (SSSR count). The van der Waals surface area contributed by atoms with Gasteiger partial charge in [0.1, 0.15) is 13.2 Å². The molecule has 0 radical (unpaired) electrons. The van der Waals surface area contributed by atoms with Crippen LogP contribution in [0.3, 0.4) is 0 Å². The first-order chi connectivity index (χ1) is 35.1. The van der Waals surface area contributed by atoms with Crippen molar-refractivity contribution in [2.24, 2.45) is 0 Å². The molecule has 0 aromatic rings. The zero-order chi connectivity index (χ0) is 52.7. The quantitative estimate of drug-likeness (QED) is 0.0278. The van der Waals surface area contributed by atoms with Crippen LogP contribution >= 0.6 is 0 Å². The molecular weight excluding hydrogens is 899 g/mol. The standard InChI is InChI=1S/C63H123NO8/c1-6-8-10-12-14-16-18-20-22-24-25-26-27-28-29-30-31-32-33-34-35-36-38-40-42-44-46-48-50-52-54-61(66)72-59(58-71-63(62(67)68)69-56-55-64(3,4)5)57-70-60(65)53-51-49-47-45-43-41-39-37-23-21-19-17-15-13-11-9-7-2/h59,63H,6-58H2,1-5H3/p+1. The number of hydrogen-bond acceptors (Lipinski definition) is 7. The molecule has 0 aliphatic heterocycles. The Labute approximate surface area is 447 Å². The van der Waals surface area contributed by atoms with E-state index in [1.165, 1.54) is 263 Å². The van der Waals surface area contributed by atoms with E-state index in [0.29, 0.717) is 17.4 Å². The minimum absolute atomic E-state index is 0.172. The number of quaternary nitrogens is 1. The van der Waals surface area contributed by atoms with Crippen LogP contribution in [-0.2, 0) is 33.3 Å². The summed E-state index contributed by atoms with van der Waals surface area (Å²) in [5, 5.41) is 9.71. The summed E-state index contributed by atoms with van der Waals surface area (Å²) >= 11 is 0. The number of carbonyl (C=O) groups excluding carboxylic acids is 2. The van der Waals surface area contributed by atoms with Gasteiger partial charge in [0.15, 0.2) is 6.10 Å². The first-order valence-corrected chi connectivity index (χ1v) is 31.7. The van der Waals surface area contributed by atoms with Crippen molar-refractivity contribution in [1.29, 1.82) is 0 Å². The van der Waals surface area contributed by atoms with E-state index in [1.807, 2.05) is 21.1 Å². The van der Waals surface area contributed by atoms with Gasteiger partial charge in [0.05, 0.1) is 34.4 Å². The summed E-state index contributed by atoms with van der Waals surface area (Å²) in [5.41, 5.74) is 0. The highest BCUT2D eigenvalue weighted by atomic mass is 16.7. The number of unbranched alkanes of at least 4 members (excludes halogenated alkanes) is 45. The van der Waals surface area contributed by atoms with Crippen molar-refractivity contribution < 1.29 is 42.9 Å². The van der Waals surface area contributed by atoms with E-state index in [1.54, 1.807) is 0 Å². The molecule has 1 N–H and O–H groups in total. The lowest BCUT2D eigenvalue weighted by Gasteiger charge is -2.25. The van der Waals surface area contributed by atoms with E-state index < -0.39 is 18.4 Å². The van der Waals surface area contributed by atoms with Crippen LogP contribution in [0, 0.1) is 0 Å². The van der Waals surface area contributed by atoms with Gasteiger partial charge in [-0.2, -0.15) is 0 Å². The van der Waals surface area contributed by atoms with Crippen LogP contribution in [0.5, 0.6) is 0 Å².